The van der Waals surface area contributed by atoms with Gasteiger partial charge in [0.15, 0.2) is 0 Å². The summed E-state index contributed by atoms with van der Waals surface area (Å²) in [4.78, 5) is 28.8. The largest absolute Gasteiger partial charge is 0.468 e. The lowest BCUT2D eigenvalue weighted by molar-refractivity contribution is -0.150. The molecule has 136 valence electrons. The van der Waals surface area contributed by atoms with Gasteiger partial charge in [-0.05, 0) is 24.0 Å². The summed E-state index contributed by atoms with van der Waals surface area (Å²) in [5.74, 6) is -0.231. The van der Waals surface area contributed by atoms with E-state index in [-0.39, 0.29) is 24.5 Å². The smallest absolute Gasteiger partial charge is 0.323 e. The Hall–Kier alpha value is -1.92. The van der Waals surface area contributed by atoms with E-state index >= 15 is 0 Å². The summed E-state index contributed by atoms with van der Waals surface area (Å²) >= 11 is 0. The lowest BCUT2D eigenvalue weighted by atomic mass is 9.94. The highest BCUT2D eigenvalue weighted by Gasteiger charge is 2.34. The molecule has 0 bridgehead atoms. The van der Waals surface area contributed by atoms with Crippen molar-refractivity contribution in [1.29, 1.82) is 0 Å². The molecule has 0 saturated carbocycles. The second-order valence-electron chi connectivity index (χ2n) is 6.66. The number of rotatable bonds is 4. The fraction of sp³-hybridized carbons (Fsp3) is 0.579. The maximum absolute atomic E-state index is 12.8. The molecule has 0 aromatic heterocycles. The molecule has 1 saturated heterocycles. The maximum atomic E-state index is 12.8. The number of esters is 1. The highest BCUT2D eigenvalue weighted by Crippen LogP contribution is 2.24. The Balaban J connectivity index is 1.72. The molecule has 6 heteroatoms. The van der Waals surface area contributed by atoms with Crippen LogP contribution in [0.3, 0.4) is 0 Å². The van der Waals surface area contributed by atoms with E-state index in [4.69, 9.17) is 9.47 Å². The number of amides is 1. The van der Waals surface area contributed by atoms with Crippen molar-refractivity contribution in [2.45, 2.75) is 38.5 Å². The number of nitrogens with zero attached hydrogens (tertiary/aromatic N) is 2. The van der Waals surface area contributed by atoms with Gasteiger partial charge >= 0.3 is 5.97 Å². The number of methoxy groups -OCH3 is 1. The van der Waals surface area contributed by atoms with Crippen molar-refractivity contribution in [3.8, 4) is 0 Å². The fourth-order valence-corrected chi connectivity index (χ4v) is 3.58. The summed E-state index contributed by atoms with van der Waals surface area (Å²) < 4.78 is 10.6. The number of morpholine rings is 1. The zero-order valence-electron chi connectivity index (χ0n) is 14.9. The van der Waals surface area contributed by atoms with Crippen LogP contribution in [-0.4, -0.2) is 67.2 Å². The summed E-state index contributed by atoms with van der Waals surface area (Å²) in [6, 6.07) is 7.66. The first-order chi connectivity index (χ1) is 12.1. The van der Waals surface area contributed by atoms with Crippen molar-refractivity contribution in [3.63, 3.8) is 0 Å². The van der Waals surface area contributed by atoms with Gasteiger partial charge in [0.25, 0.3) is 0 Å². The topological polar surface area (TPSA) is 59.1 Å². The van der Waals surface area contributed by atoms with Crippen molar-refractivity contribution < 1.29 is 19.1 Å². The molecule has 0 spiro atoms. The second kappa shape index (κ2) is 7.97. The molecule has 1 aromatic rings. The van der Waals surface area contributed by atoms with Gasteiger partial charge in [-0.3, -0.25) is 14.5 Å². The van der Waals surface area contributed by atoms with Crippen LogP contribution in [0.25, 0.3) is 0 Å². The third kappa shape index (κ3) is 4.02. The molecule has 1 aromatic carbocycles. The van der Waals surface area contributed by atoms with Gasteiger partial charge in [0.1, 0.15) is 6.04 Å². The van der Waals surface area contributed by atoms with E-state index in [2.05, 4.69) is 13.0 Å². The predicted molar refractivity (Wildman–Crippen MR) is 93.0 cm³/mol. The van der Waals surface area contributed by atoms with Crippen molar-refractivity contribution in [1.82, 2.24) is 9.80 Å². The lowest BCUT2D eigenvalue weighted by Gasteiger charge is -2.37. The highest BCUT2D eigenvalue weighted by atomic mass is 16.5. The summed E-state index contributed by atoms with van der Waals surface area (Å²) in [5, 5.41) is 0. The van der Waals surface area contributed by atoms with Crippen LogP contribution in [-0.2, 0) is 32.0 Å². The molecule has 6 nitrogen and oxygen atoms in total. The Kier molecular flexibility index (Phi) is 5.71. The Bertz CT molecular complexity index is 634. The van der Waals surface area contributed by atoms with E-state index in [9.17, 15) is 9.59 Å². The van der Waals surface area contributed by atoms with Gasteiger partial charge in [-0.1, -0.05) is 31.2 Å². The minimum atomic E-state index is -0.410. The van der Waals surface area contributed by atoms with Crippen LogP contribution in [0.15, 0.2) is 24.3 Å². The SMILES string of the molecule is CC[C@H]1CN(C(=O)CN2Cc3ccccc3C[C@H]2C(=O)OC)CCO1. The minimum Gasteiger partial charge on any atom is -0.468 e. The standard InChI is InChI=1S/C19H26N2O4/c1-3-16-12-20(8-9-25-16)18(22)13-21-11-15-7-5-4-6-14(15)10-17(21)19(23)24-2/h4-7,16-17H,3,8-13H2,1-2H3/t16-,17-/m0/s1. The zero-order chi connectivity index (χ0) is 17.8. The number of carbonyl (C=O) groups excluding carboxylic acids is 2. The predicted octanol–water partition coefficient (Wildman–Crippen LogP) is 1.22. The van der Waals surface area contributed by atoms with E-state index in [1.165, 1.54) is 12.7 Å². The van der Waals surface area contributed by atoms with E-state index in [1.54, 1.807) is 0 Å². The fourth-order valence-electron chi connectivity index (χ4n) is 3.58. The Morgan fingerprint density at radius 2 is 2.04 bits per heavy atom. The third-order valence-corrected chi connectivity index (χ3v) is 5.10. The Labute approximate surface area is 148 Å². The number of fused-ring (bicyclic) bond motifs is 1. The quantitative estimate of drug-likeness (QED) is 0.768. The van der Waals surface area contributed by atoms with Crippen LogP contribution in [0.2, 0.25) is 0 Å². The normalized spacial score (nSPS) is 23.8. The molecule has 1 amide bonds. The van der Waals surface area contributed by atoms with Crippen molar-refractivity contribution in [3.05, 3.63) is 35.4 Å². The van der Waals surface area contributed by atoms with Crippen molar-refractivity contribution in [2.75, 3.05) is 33.4 Å². The van der Waals surface area contributed by atoms with Crippen LogP contribution >= 0.6 is 0 Å². The molecule has 1 fully saturated rings. The van der Waals surface area contributed by atoms with Crippen LogP contribution in [0, 0.1) is 0 Å². The monoisotopic (exact) mass is 346 g/mol. The summed E-state index contributed by atoms with van der Waals surface area (Å²) in [7, 11) is 1.40. The average Bonchev–Trinajstić information content (AvgIpc) is 2.66. The third-order valence-electron chi connectivity index (χ3n) is 5.10. The van der Waals surface area contributed by atoms with Crippen LogP contribution in [0.1, 0.15) is 24.5 Å². The van der Waals surface area contributed by atoms with Gasteiger partial charge < -0.3 is 14.4 Å². The molecule has 0 N–H and O–H groups in total. The van der Waals surface area contributed by atoms with E-state index in [1.807, 2.05) is 28.0 Å². The second-order valence-corrected chi connectivity index (χ2v) is 6.66. The number of hydrogen-bond donors (Lipinski definition) is 0. The zero-order valence-corrected chi connectivity index (χ0v) is 14.9. The van der Waals surface area contributed by atoms with E-state index in [0.29, 0.717) is 32.7 Å². The van der Waals surface area contributed by atoms with Crippen LogP contribution in [0.5, 0.6) is 0 Å². The molecule has 25 heavy (non-hydrogen) atoms. The van der Waals surface area contributed by atoms with Gasteiger partial charge in [0.2, 0.25) is 5.91 Å². The molecule has 0 aliphatic carbocycles. The number of benzene rings is 1. The average molecular weight is 346 g/mol. The highest BCUT2D eigenvalue weighted by molar-refractivity contribution is 5.81. The van der Waals surface area contributed by atoms with E-state index < -0.39 is 6.04 Å². The molecular formula is C19H26N2O4. The molecule has 2 aliphatic heterocycles. The first kappa shape index (κ1) is 17.9. The Morgan fingerprint density at radius 3 is 2.76 bits per heavy atom. The van der Waals surface area contributed by atoms with Gasteiger partial charge in [-0.25, -0.2) is 0 Å². The number of carbonyl (C=O) groups is 2. The molecule has 2 aliphatic rings. The van der Waals surface area contributed by atoms with Crippen molar-refractivity contribution in [2.24, 2.45) is 0 Å². The molecule has 3 rings (SSSR count). The van der Waals surface area contributed by atoms with Crippen molar-refractivity contribution >= 4 is 11.9 Å². The first-order valence-electron chi connectivity index (χ1n) is 8.90. The van der Waals surface area contributed by atoms with Crippen LogP contribution < -0.4 is 0 Å². The molecule has 0 radical (unpaired) electrons. The van der Waals surface area contributed by atoms with Gasteiger partial charge in [0.05, 0.1) is 26.4 Å². The maximum Gasteiger partial charge on any atom is 0.323 e. The first-order valence-corrected chi connectivity index (χ1v) is 8.90. The summed E-state index contributed by atoms with van der Waals surface area (Å²) in [6.45, 7) is 4.69. The molecule has 2 atom stereocenters. The Morgan fingerprint density at radius 1 is 1.28 bits per heavy atom. The van der Waals surface area contributed by atoms with Gasteiger partial charge in [-0.15, -0.1) is 0 Å². The minimum absolute atomic E-state index is 0.0510. The molecule has 2 heterocycles. The summed E-state index contributed by atoms with van der Waals surface area (Å²) in [5.41, 5.74) is 2.32. The van der Waals surface area contributed by atoms with Gasteiger partial charge in [0, 0.05) is 19.6 Å². The molecular weight excluding hydrogens is 320 g/mol. The summed E-state index contributed by atoms with van der Waals surface area (Å²) in [6.07, 6.45) is 1.58. The number of ether oxygens (including phenoxy) is 2. The molecule has 0 unspecified atom stereocenters. The number of hydrogen-bond acceptors (Lipinski definition) is 5. The van der Waals surface area contributed by atoms with E-state index in [0.717, 1.165) is 12.0 Å². The van der Waals surface area contributed by atoms with Gasteiger partial charge in [-0.2, -0.15) is 0 Å². The lowest BCUT2D eigenvalue weighted by Crippen LogP contribution is -2.53. The van der Waals surface area contributed by atoms with Crippen LogP contribution in [0.4, 0.5) is 0 Å².